The Bertz CT molecular complexity index is 192. The summed E-state index contributed by atoms with van der Waals surface area (Å²) in [5, 5.41) is 4.64. The van der Waals surface area contributed by atoms with E-state index in [1.807, 2.05) is 0 Å². The summed E-state index contributed by atoms with van der Waals surface area (Å²) in [6.07, 6.45) is 4.17. The Morgan fingerprint density at radius 1 is 1.40 bits per heavy atom. The van der Waals surface area contributed by atoms with Crippen LogP contribution in [0.1, 0.15) is 33.1 Å². The molecule has 0 bridgehead atoms. The summed E-state index contributed by atoms with van der Waals surface area (Å²) in [4.78, 5) is 2.60. The van der Waals surface area contributed by atoms with Crippen LogP contribution >= 0.6 is 11.8 Å². The first kappa shape index (κ1) is 11.7. The van der Waals surface area contributed by atoms with E-state index in [0.29, 0.717) is 6.04 Å². The van der Waals surface area contributed by atoms with Crippen LogP contribution in [0.15, 0.2) is 0 Å². The van der Waals surface area contributed by atoms with E-state index in [4.69, 9.17) is 0 Å². The van der Waals surface area contributed by atoms with Crippen LogP contribution < -0.4 is 5.32 Å². The minimum Gasteiger partial charge on any atom is -0.309 e. The Morgan fingerprint density at radius 3 is 2.73 bits per heavy atom. The van der Waals surface area contributed by atoms with Crippen molar-refractivity contribution in [3.05, 3.63) is 0 Å². The normalized spacial score (nSPS) is 34.8. The van der Waals surface area contributed by atoms with E-state index in [1.54, 1.807) is 0 Å². The zero-order chi connectivity index (χ0) is 10.7. The van der Waals surface area contributed by atoms with Crippen LogP contribution in [0, 0.1) is 0 Å². The summed E-state index contributed by atoms with van der Waals surface area (Å²) in [5.41, 5.74) is 0. The number of hydrogen-bond acceptors (Lipinski definition) is 3. The fourth-order valence-electron chi connectivity index (χ4n) is 2.74. The van der Waals surface area contributed by atoms with Gasteiger partial charge in [0.05, 0.1) is 0 Å². The molecule has 2 fully saturated rings. The van der Waals surface area contributed by atoms with Crippen molar-refractivity contribution >= 4 is 11.8 Å². The predicted octanol–water partition coefficient (Wildman–Crippen LogP) is 1.95. The van der Waals surface area contributed by atoms with Gasteiger partial charge in [0, 0.05) is 29.6 Å². The molecule has 1 N–H and O–H groups in total. The maximum Gasteiger partial charge on any atom is 0.0171 e. The highest BCUT2D eigenvalue weighted by molar-refractivity contribution is 8.00. The smallest absolute Gasteiger partial charge is 0.0171 e. The topological polar surface area (TPSA) is 15.3 Å². The minimum atomic E-state index is 0.666. The molecule has 0 amide bonds. The highest BCUT2D eigenvalue weighted by Crippen LogP contribution is 2.26. The van der Waals surface area contributed by atoms with E-state index in [-0.39, 0.29) is 0 Å². The average Bonchev–Trinajstić information content (AvgIpc) is 2.77. The van der Waals surface area contributed by atoms with E-state index in [0.717, 1.165) is 11.3 Å². The van der Waals surface area contributed by atoms with Gasteiger partial charge < -0.3 is 10.2 Å². The average molecular weight is 228 g/mol. The number of thioether (sulfide) groups is 1. The molecule has 0 spiro atoms. The van der Waals surface area contributed by atoms with Gasteiger partial charge in [-0.25, -0.2) is 0 Å². The number of likely N-dealkylation sites (tertiary alicyclic amines) is 1. The Morgan fingerprint density at radius 2 is 2.13 bits per heavy atom. The van der Waals surface area contributed by atoms with E-state index in [9.17, 15) is 0 Å². The Kier molecular flexibility index (Phi) is 4.35. The zero-order valence-corrected chi connectivity index (χ0v) is 10.9. The van der Waals surface area contributed by atoms with Gasteiger partial charge in [-0.05, 0) is 39.3 Å². The van der Waals surface area contributed by atoms with E-state index in [1.165, 1.54) is 44.6 Å². The van der Waals surface area contributed by atoms with Gasteiger partial charge >= 0.3 is 0 Å². The van der Waals surface area contributed by atoms with Gasteiger partial charge in [0.1, 0.15) is 0 Å². The lowest BCUT2D eigenvalue weighted by Gasteiger charge is -2.24. The van der Waals surface area contributed by atoms with E-state index < -0.39 is 0 Å². The van der Waals surface area contributed by atoms with Gasteiger partial charge in [-0.3, -0.25) is 0 Å². The molecule has 3 unspecified atom stereocenters. The molecule has 2 nitrogen and oxygen atoms in total. The second-order valence-electron chi connectivity index (χ2n) is 5.15. The molecule has 0 aliphatic carbocycles. The number of nitrogens with zero attached hydrogens (tertiary/aromatic N) is 1. The third-order valence-corrected chi connectivity index (χ3v) is 4.81. The minimum absolute atomic E-state index is 0.666. The molecule has 2 rings (SSSR count). The third kappa shape index (κ3) is 3.65. The standard InChI is InChI=1S/C12H24N2S/c1-10(8-14-5-3-4-6-14)13-12-7-11(2)15-9-12/h10-13H,3-9H2,1-2H3. The van der Waals surface area contributed by atoms with Crippen LogP contribution in [-0.2, 0) is 0 Å². The van der Waals surface area contributed by atoms with Crippen molar-refractivity contribution in [3.8, 4) is 0 Å². The fraction of sp³-hybridized carbons (Fsp3) is 1.00. The molecule has 15 heavy (non-hydrogen) atoms. The molecule has 3 heteroatoms. The van der Waals surface area contributed by atoms with Gasteiger partial charge in [0.25, 0.3) is 0 Å². The summed E-state index contributed by atoms with van der Waals surface area (Å²) in [7, 11) is 0. The van der Waals surface area contributed by atoms with Crippen LogP contribution in [0.25, 0.3) is 0 Å². The van der Waals surface area contributed by atoms with Crippen LogP contribution in [-0.4, -0.2) is 47.6 Å². The molecule has 0 saturated carbocycles. The number of hydrogen-bond donors (Lipinski definition) is 1. The second kappa shape index (κ2) is 5.55. The van der Waals surface area contributed by atoms with Crippen LogP contribution in [0.2, 0.25) is 0 Å². The summed E-state index contributed by atoms with van der Waals surface area (Å²) in [6, 6.07) is 1.43. The zero-order valence-electron chi connectivity index (χ0n) is 10.0. The maximum absolute atomic E-state index is 3.77. The molecule has 2 heterocycles. The van der Waals surface area contributed by atoms with Gasteiger partial charge in [-0.15, -0.1) is 0 Å². The highest BCUT2D eigenvalue weighted by Gasteiger charge is 2.23. The van der Waals surface area contributed by atoms with Gasteiger partial charge in [0.2, 0.25) is 0 Å². The summed E-state index contributed by atoms with van der Waals surface area (Å²) in [6.45, 7) is 8.57. The predicted molar refractivity (Wildman–Crippen MR) is 68.6 cm³/mol. The lowest BCUT2D eigenvalue weighted by Crippen LogP contribution is -2.43. The highest BCUT2D eigenvalue weighted by atomic mass is 32.2. The SMILES string of the molecule is CC(CN1CCCC1)NC1CSC(C)C1. The van der Waals surface area contributed by atoms with Crippen LogP contribution in [0.5, 0.6) is 0 Å². The quantitative estimate of drug-likeness (QED) is 0.792. The summed E-state index contributed by atoms with van der Waals surface area (Å²) >= 11 is 2.11. The molecule has 2 aliphatic heterocycles. The molecule has 0 aromatic heterocycles. The lowest BCUT2D eigenvalue weighted by molar-refractivity contribution is 0.288. The molecule has 2 saturated heterocycles. The van der Waals surface area contributed by atoms with Crippen molar-refractivity contribution < 1.29 is 0 Å². The molecular weight excluding hydrogens is 204 g/mol. The van der Waals surface area contributed by atoms with Crippen molar-refractivity contribution in [2.75, 3.05) is 25.4 Å². The van der Waals surface area contributed by atoms with Crippen molar-refractivity contribution in [3.63, 3.8) is 0 Å². The van der Waals surface area contributed by atoms with Crippen molar-refractivity contribution in [2.24, 2.45) is 0 Å². The maximum atomic E-state index is 3.77. The lowest BCUT2D eigenvalue weighted by atomic mass is 10.1. The van der Waals surface area contributed by atoms with E-state index in [2.05, 4.69) is 35.8 Å². The first-order chi connectivity index (χ1) is 7.24. The molecule has 0 radical (unpaired) electrons. The van der Waals surface area contributed by atoms with Crippen molar-refractivity contribution in [1.82, 2.24) is 10.2 Å². The molecule has 0 aromatic rings. The molecule has 88 valence electrons. The second-order valence-corrected chi connectivity index (χ2v) is 6.62. The number of nitrogens with one attached hydrogen (secondary N) is 1. The first-order valence-electron chi connectivity index (χ1n) is 6.34. The van der Waals surface area contributed by atoms with Gasteiger partial charge in [0.15, 0.2) is 0 Å². The van der Waals surface area contributed by atoms with Crippen molar-refractivity contribution in [2.45, 2.75) is 50.4 Å². The summed E-state index contributed by atoms with van der Waals surface area (Å²) < 4.78 is 0. The molecule has 0 aromatic carbocycles. The fourth-order valence-corrected chi connectivity index (χ4v) is 3.90. The van der Waals surface area contributed by atoms with Crippen LogP contribution in [0.4, 0.5) is 0 Å². The largest absolute Gasteiger partial charge is 0.309 e. The molecular formula is C12H24N2S. The van der Waals surface area contributed by atoms with Crippen molar-refractivity contribution in [1.29, 1.82) is 0 Å². The van der Waals surface area contributed by atoms with Gasteiger partial charge in [-0.2, -0.15) is 11.8 Å². The monoisotopic (exact) mass is 228 g/mol. The Hall–Kier alpha value is 0.270. The Balaban J connectivity index is 1.65. The first-order valence-corrected chi connectivity index (χ1v) is 7.39. The Labute approximate surface area is 98.2 Å². The van der Waals surface area contributed by atoms with Crippen LogP contribution in [0.3, 0.4) is 0 Å². The number of rotatable bonds is 4. The molecule has 3 atom stereocenters. The van der Waals surface area contributed by atoms with E-state index >= 15 is 0 Å². The third-order valence-electron chi connectivity index (χ3n) is 3.45. The molecule has 2 aliphatic rings. The van der Waals surface area contributed by atoms with Gasteiger partial charge in [-0.1, -0.05) is 6.92 Å². The summed E-state index contributed by atoms with van der Waals surface area (Å²) in [5.74, 6) is 1.31.